The Morgan fingerprint density at radius 1 is 0.913 bits per heavy atom. The number of hydrogen-bond acceptors (Lipinski definition) is 1. The molecule has 0 heterocycles. The van der Waals surface area contributed by atoms with Crippen molar-refractivity contribution in [1.29, 1.82) is 0 Å². The van der Waals surface area contributed by atoms with Crippen LogP contribution in [0.4, 0.5) is 26.3 Å². The zero-order valence-electron chi connectivity index (χ0n) is 12.2. The second-order valence-corrected chi connectivity index (χ2v) is 7.31. The number of alkyl halides is 7. The lowest BCUT2D eigenvalue weighted by Crippen LogP contribution is -2.23. The molecule has 1 aromatic rings. The third kappa shape index (κ3) is 4.06. The third-order valence-electron chi connectivity index (χ3n) is 4.08. The largest absolute Gasteiger partial charge is 0.496 e. The Labute approximate surface area is 143 Å². The molecule has 0 aliphatic heterocycles. The number of benzene rings is 1. The highest BCUT2D eigenvalue weighted by molar-refractivity contribution is 14.1. The standard InChI is InChI=1S/C15H15F6IO/c1-23-11-7-6-10(8-2-4-9(22)5-3-8)12(14(16,17)18)13(11)15(19,20)21/h6-9H,2-5H2,1H3. The van der Waals surface area contributed by atoms with E-state index >= 15 is 0 Å². The fourth-order valence-corrected chi connectivity index (χ4v) is 3.78. The molecule has 0 radical (unpaired) electrons. The van der Waals surface area contributed by atoms with Crippen LogP contribution in [0.3, 0.4) is 0 Å². The fraction of sp³-hybridized carbons (Fsp3) is 0.600. The van der Waals surface area contributed by atoms with Crippen LogP contribution in [0.15, 0.2) is 12.1 Å². The second kappa shape index (κ2) is 6.68. The average molecular weight is 452 g/mol. The van der Waals surface area contributed by atoms with Gasteiger partial charge in [-0.1, -0.05) is 28.7 Å². The zero-order chi connectivity index (χ0) is 17.4. The first-order valence-corrected chi connectivity index (χ1v) is 8.29. The van der Waals surface area contributed by atoms with E-state index in [0.717, 1.165) is 19.2 Å². The van der Waals surface area contributed by atoms with Crippen LogP contribution in [-0.4, -0.2) is 11.0 Å². The van der Waals surface area contributed by atoms with Gasteiger partial charge in [-0.3, -0.25) is 0 Å². The van der Waals surface area contributed by atoms with Crippen molar-refractivity contribution in [2.24, 2.45) is 0 Å². The van der Waals surface area contributed by atoms with E-state index in [9.17, 15) is 26.3 Å². The van der Waals surface area contributed by atoms with Gasteiger partial charge >= 0.3 is 12.4 Å². The minimum atomic E-state index is -5.13. The number of methoxy groups -OCH3 is 1. The normalized spacial score (nSPS) is 23.0. The van der Waals surface area contributed by atoms with Crippen molar-refractivity contribution >= 4 is 22.6 Å². The van der Waals surface area contributed by atoms with E-state index in [1.807, 2.05) is 0 Å². The Bertz CT molecular complexity index is 558. The first-order valence-electron chi connectivity index (χ1n) is 7.05. The smallest absolute Gasteiger partial charge is 0.420 e. The molecule has 0 N–H and O–H groups in total. The van der Waals surface area contributed by atoms with Gasteiger partial charge < -0.3 is 4.74 Å². The summed E-state index contributed by atoms with van der Waals surface area (Å²) in [4.78, 5) is 0. The van der Waals surface area contributed by atoms with Crippen molar-refractivity contribution in [3.8, 4) is 5.75 Å². The van der Waals surface area contributed by atoms with E-state index in [0.29, 0.717) is 29.6 Å². The van der Waals surface area contributed by atoms with E-state index in [4.69, 9.17) is 0 Å². The molecule has 0 saturated heterocycles. The van der Waals surface area contributed by atoms with Crippen molar-refractivity contribution < 1.29 is 31.1 Å². The first kappa shape index (κ1) is 18.7. The Hall–Kier alpha value is -0.670. The molecule has 2 rings (SSSR count). The summed E-state index contributed by atoms with van der Waals surface area (Å²) in [5.41, 5.74) is -3.59. The van der Waals surface area contributed by atoms with Crippen LogP contribution >= 0.6 is 22.6 Å². The average Bonchev–Trinajstić information content (AvgIpc) is 2.44. The van der Waals surface area contributed by atoms with Crippen LogP contribution in [-0.2, 0) is 12.4 Å². The Morgan fingerprint density at radius 2 is 1.43 bits per heavy atom. The first-order chi connectivity index (χ1) is 10.6. The fourth-order valence-electron chi connectivity index (χ4n) is 3.06. The molecule has 0 spiro atoms. The highest BCUT2D eigenvalue weighted by Gasteiger charge is 2.48. The molecule has 1 aliphatic rings. The Balaban J connectivity index is 2.63. The maximum absolute atomic E-state index is 13.4. The van der Waals surface area contributed by atoms with Crippen LogP contribution < -0.4 is 4.74 Å². The molecule has 0 unspecified atom stereocenters. The van der Waals surface area contributed by atoms with Crippen molar-refractivity contribution in [2.75, 3.05) is 7.11 Å². The van der Waals surface area contributed by atoms with Crippen molar-refractivity contribution in [1.82, 2.24) is 0 Å². The SMILES string of the molecule is COc1ccc(C2CCC(I)CC2)c(C(F)(F)F)c1C(F)(F)F. The Kier molecular flexibility index (Phi) is 5.42. The predicted molar refractivity (Wildman–Crippen MR) is 82.0 cm³/mol. The van der Waals surface area contributed by atoms with Gasteiger partial charge in [-0.05, 0) is 43.2 Å². The molecular weight excluding hydrogens is 437 g/mol. The van der Waals surface area contributed by atoms with Gasteiger partial charge in [-0.15, -0.1) is 0 Å². The molecule has 1 aromatic carbocycles. The predicted octanol–water partition coefficient (Wildman–Crippen LogP) is 6.19. The molecule has 23 heavy (non-hydrogen) atoms. The number of ether oxygens (including phenoxy) is 1. The van der Waals surface area contributed by atoms with E-state index in [2.05, 4.69) is 27.3 Å². The lowest BCUT2D eigenvalue weighted by atomic mass is 9.80. The summed E-state index contributed by atoms with van der Waals surface area (Å²) in [5.74, 6) is -1.30. The number of rotatable bonds is 2. The van der Waals surface area contributed by atoms with Crippen LogP contribution in [0.1, 0.15) is 48.3 Å². The van der Waals surface area contributed by atoms with E-state index in [-0.39, 0.29) is 5.56 Å². The molecule has 130 valence electrons. The lowest BCUT2D eigenvalue weighted by molar-refractivity contribution is -0.163. The van der Waals surface area contributed by atoms with Gasteiger partial charge in [0.15, 0.2) is 0 Å². The van der Waals surface area contributed by atoms with Crippen molar-refractivity contribution in [3.05, 3.63) is 28.8 Å². The van der Waals surface area contributed by atoms with Gasteiger partial charge in [0.2, 0.25) is 0 Å². The molecule has 1 saturated carbocycles. The topological polar surface area (TPSA) is 9.23 Å². The maximum atomic E-state index is 13.4. The van der Waals surface area contributed by atoms with Gasteiger partial charge in [0.1, 0.15) is 11.3 Å². The quantitative estimate of drug-likeness (QED) is 0.295. The zero-order valence-corrected chi connectivity index (χ0v) is 14.3. The molecule has 8 heteroatoms. The van der Waals surface area contributed by atoms with E-state index < -0.39 is 35.1 Å². The molecule has 0 amide bonds. The summed E-state index contributed by atoms with van der Waals surface area (Å²) in [7, 11) is 0.936. The van der Waals surface area contributed by atoms with Gasteiger partial charge in [-0.2, -0.15) is 26.3 Å². The van der Waals surface area contributed by atoms with Crippen LogP contribution in [0.25, 0.3) is 0 Å². The minimum absolute atomic E-state index is 0.270. The summed E-state index contributed by atoms with van der Waals surface area (Å²) in [6.45, 7) is 0. The summed E-state index contributed by atoms with van der Waals surface area (Å²) >= 11 is 2.22. The van der Waals surface area contributed by atoms with E-state index in [1.54, 1.807) is 0 Å². The number of hydrogen-bond donors (Lipinski definition) is 0. The summed E-state index contributed by atoms with van der Waals surface area (Å²) in [6, 6.07) is 2.12. The van der Waals surface area contributed by atoms with Crippen LogP contribution in [0, 0.1) is 0 Å². The van der Waals surface area contributed by atoms with Crippen LogP contribution in [0.2, 0.25) is 0 Å². The molecule has 1 aliphatic carbocycles. The second-order valence-electron chi connectivity index (χ2n) is 5.55. The monoisotopic (exact) mass is 452 g/mol. The highest BCUT2D eigenvalue weighted by atomic mass is 127. The molecule has 1 fully saturated rings. The summed E-state index contributed by atoms with van der Waals surface area (Å²) in [5, 5.41) is 0. The molecule has 0 atom stereocenters. The maximum Gasteiger partial charge on any atom is 0.420 e. The molecular formula is C15H15F6IO. The highest BCUT2D eigenvalue weighted by Crippen LogP contribution is 2.50. The van der Waals surface area contributed by atoms with Gasteiger partial charge in [0, 0.05) is 3.92 Å². The van der Waals surface area contributed by atoms with Crippen molar-refractivity contribution in [2.45, 2.75) is 47.9 Å². The lowest BCUT2D eigenvalue weighted by Gasteiger charge is -2.29. The Morgan fingerprint density at radius 3 is 1.87 bits per heavy atom. The van der Waals surface area contributed by atoms with Crippen LogP contribution in [0.5, 0.6) is 5.75 Å². The minimum Gasteiger partial charge on any atom is -0.496 e. The molecule has 1 nitrogen and oxygen atoms in total. The van der Waals surface area contributed by atoms with Gasteiger partial charge in [-0.25, -0.2) is 0 Å². The number of halogens is 7. The van der Waals surface area contributed by atoms with Crippen molar-refractivity contribution in [3.63, 3.8) is 0 Å². The third-order valence-corrected chi connectivity index (χ3v) is 5.33. The molecule has 0 bridgehead atoms. The van der Waals surface area contributed by atoms with E-state index in [1.165, 1.54) is 0 Å². The van der Waals surface area contributed by atoms with Gasteiger partial charge in [0.25, 0.3) is 0 Å². The van der Waals surface area contributed by atoms with Gasteiger partial charge in [0.05, 0.1) is 12.7 Å². The summed E-state index contributed by atoms with van der Waals surface area (Å²) in [6.07, 6.45) is -7.89. The summed E-state index contributed by atoms with van der Waals surface area (Å²) < 4.78 is 85.0. The molecule has 0 aromatic heterocycles.